The van der Waals surface area contributed by atoms with Crippen LogP contribution in [0.1, 0.15) is 64.7 Å². The van der Waals surface area contributed by atoms with Gasteiger partial charge in [0, 0.05) is 6.42 Å². The quantitative estimate of drug-likeness (QED) is 0.0903. The molecule has 0 amide bonds. The largest absolute Gasteiger partial charge is 1.00 e. The molecule has 1 rings (SSSR count). The summed E-state index contributed by atoms with van der Waals surface area (Å²) in [4.78, 5) is 17.0. The molecule has 0 spiro atoms. The number of amidine groups is 1. The second kappa shape index (κ2) is 16.5. The number of nitrogens with zero attached hydrogens (tertiary/aromatic N) is 2. The van der Waals surface area contributed by atoms with Crippen molar-refractivity contribution in [3.8, 4) is 0 Å². The molecule has 0 aromatic carbocycles. The Morgan fingerprint density at radius 2 is 1.84 bits per heavy atom. The Morgan fingerprint density at radius 1 is 1.19 bits per heavy atom. The van der Waals surface area contributed by atoms with Gasteiger partial charge >= 0.3 is 29.6 Å². The summed E-state index contributed by atoms with van der Waals surface area (Å²) >= 11 is 0. The summed E-state index contributed by atoms with van der Waals surface area (Å²) in [5.41, 5.74) is 0. The van der Waals surface area contributed by atoms with Crippen LogP contribution in [0.2, 0.25) is 0 Å². The summed E-state index contributed by atoms with van der Waals surface area (Å²) in [6.07, 6.45) is 11.9. The normalized spacial score (nSPS) is 19.9. The van der Waals surface area contributed by atoms with Crippen LogP contribution in [0.5, 0.6) is 0 Å². The van der Waals surface area contributed by atoms with Crippen LogP contribution in [-0.4, -0.2) is 83.9 Å². The van der Waals surface area contributed by atoms with Crippen LogP contribution in [0.25, 0.3) is 0 Å². The van der Waals surface area contributed by atoms with Gasteiger partial charge in [-0.15, -0.1) is 0 Å². The predicted molar refractivity (Wildman–Crippen MR) is 116 cm³/mol. The molecule has 2 atom stereocenters. The zero-order chi connectivity index (χ0) is 22.5. The third-order valence-electron chi connectivity index (χ3n) is 5.39. The van der Waals surface area contributed by atoms with Gasteiger partial charge in [0.1, 0.15) is 25.7 Å². The second-order valence-electron chi connectivity index (χ2n) is 8.07. The molecule has 10 heteroatoms. The van der Waals surface area contributed by atoms with E-state index in [2.05, 4.69) is 24.1 Å². The van der Waals surface area contributed by atoms with E-state index in [1.165, 1.54) is 19.3 Å². The molecule has 0 aliphatic carbocycles. The summed E-state index contributed by atoms with van der Waals surface area (Å²) in [7, 11) is -4.58. The van der Waals surface area contributed by atoms with E-state index in [9.17, 15) is 28.0 Å². The summed E-state index contributed by atoms with van der Waals surface area (Å²) in [5, 5.41) is 19.5. The number of carbonyl (C=O) groups is 1. The number of aliphatic imine (C=N–C) groups is 1. The van der Waals surface area contributed by atoms with Crippen LogP contribution in [0, 0.1) is 0 Å². The van der Waals surface area contributed by atoms with Crippen LogP contribution in [0.4, 0.5) is 0 Å². The molecule has 31 heavy (non-hydrogen) atoms. The van der Waals surface area contributed by atoms with E-state index in [0.29, 0.717) is 19.5 Å². The van der Waals surface area contributed by atoms with E-state index in [-0.39, 0.29) is 65.4 Å². The zero-order valence-electron chi connectivity index (χ0n) is 19.2. The number of hydrogen-bond acceptors (Lipinski definition) is 7. The van der Waals surface area contributed by atoms with Crippen molar-refractivity contribution < 1.29 is 62.0 Å². The van der Waals surface area contributed by atoms with Gasteiger partial charge in [0.15, 0.2) is 0 Å². The minimum absolute atomic E-state index is 0. The first-order chi connectivity index (χ1) is 14.2. The molecule has 1 heterocycles. The third-order valence-corrected chi connectivity index (χ3v) is 6.18. The average molecular weight is 470 g/mol. The Labute approximate surface area is 209 Å². The Bertz CT molecular complexity index is 683. The maximum absolute atomic E-state index is 12.7. The molecule has 1 aliphatic heterocycles. The SMILES string of the molecule is CCCCC/C=C/CCCCCC(=O)C1=NCC[N+]1(CCO)CC(O)CS(=O)(=O)[O-].[Na+]. The monoisotopic (exact) mass is 469 g/mol. The number of ketones is 1. The molecule has 8 nitrogen and oxygen atoms in total. The molecule has 0 radical (unpaired) electrons. The molecule has 174 valence electrons. The fourth-order valence-corrected chi connectivity index (χ4v) is 4.49. The maximum Gasteiger partial charge on any atom is 1.00 e. The number of carbonyl (C=O) groups excluding carboxylic acids is 1. The van der Waals surface area contributed by atoms with E-state index in [1.807, 2.05) is 0 Å². The molecular formula is C21H38N2NaO6S+. The van der Waals surface area contributed by atoms with Crippen molar-refractivity contribution in [3.63, 3.8) is 0 Å². The van der Waals surface area contributed by atoms with Gasteiger partial charge in [-0.1, -0.05) is 38.3 Å². The van der Waals surface area contributed by atoms with Crippen molar-refractivity contribution in [2.24, 2.45) is 4.99 Å². The molecule has 0 aromatic heterocycles. The fraction of sp³-hybridized carbons (Fsp3) is 0.810. The van der Waals surface area contributed by atoms with Crippen molar-refractivity contribution >= 4 is 21.7 Å². The Balaban J connectivity index is 0.00000900. The first kappa shape index (κ1) is 30.9. The van der Waals surface area contributed by atoms with Crippen LogP contribution in [-0.2, 0) is 14.9 Å². The summed E-state index contributed by atoms with van der Waals surface area (Å²) in [6, 6.07) is 0. The smallest absolute Gasteiger partial charge is 0.748 e. The van der Waals surface area contributed by atoms with E-state index in [4.69, 9.17) is 0 Å². The van der Waals surface area contributed by atoms with Gasteiger partial charge in [-0.25, -0.2) is 13.4 Å². The van der Waals surface area contributed by atoms with Crippen molar-refractivity contribution in [2.75, 3.05) is 38.5 Å². The average Bonchev–Trinajstić information content (AvgIpc) is 3.04. The zero-order valence-corrected chi connectivity index (χ0v) is 22.0. The molecule has 0 fully saturated rings. The Kier molecular flexibility index (Phi) is 16.4. The number of aliphatic hydroxyl groups is 2. The van der Waals surface area contributed by atoms with E-state index >= 15 is 0 Å². The van der Waals surface area contributed by atoms with Crippen molar-refractivity contribution in [1.29, 1.82) is 0 Å². The molecular weight excluding hydrogens is 431 g/mol. The van der Waals surface area contributed by atoms with Crippen molar-refractivity contribution in [1.82, 2.24) is 0 Å². The molecule has 2 unspecified atom stereocenters. The van der Waals surface area contributed by atoms with Gasteiger partial charge in [-0.2, -0.15) is 0 Å². The predicted octanol–water partition coefficient (Wildman–Crippen LogP) is -1.23. The number of hydrogen-bond donors (Lipinski definition) is 2. The number of Topliss-reactive ketones (excluding diaryl/α,β-unsaturated/α-hetero) is 1. The van der Waals surface area contributed by atoms with Crippen molar-refractivity contribution in [2.45, 2.75) is 70.8 Å². The van der Waals surface area contributed by atoms with Crippen LogP contribution >= 0.6 is 0 Å². The molecule has 0 bridgehead atoms. The Hall–Kier alpha value is -0.130. The Morgan fingerprint density at radius 3 is 2.42 bits per heavy atom. The number of rotatable bonds is 17. The number of quaternary nitrogens is 1. The number of allylic oxidation sites excluding steroid dienone is 2. The number of unbranched alkanes of at least 4 members (excludes halogenated alkanes) is 6. The minimum atomic E-state index is -4.58. The van der Waals surface area contributed by atoms with E-state index in [1.54, 1.807) is 0 Å². The summed E-state index contributed by atoms with van der Waals surface area (Å²) in [6.45, 7) is 2.78. The van der Waals surface area contributed by atoms with Crippen LogP contribution < -0.4 is 29.6 Å². The molecule has 0 saturated carbocycles. The van der Waals surface area contributed by atoms with Crippen molar-refractivity contribution in [3.05, 3.63) is 12.2 Å². The molecule has 0 aromatic rings. The van der Waals surface area contributed by atoms with E-state index < -0.39 is 22.0 Å². The van der Waals surface area contributed by atoms with Gasteiger partial charge in [0.2, 0.25) is 5.78 Å². The first-order valence-corrected chi connectivity index (χ1v) is 12.6. The maximum atomic E-state index is 12.7. The minimum Gasteiger partial charge on any atom is -0.748 e. The van der Waals surface area contributed by atoms with Gasteiger partial charge in [0.05, 0.1) is 29.0 Å². The molecule has 2 N–H and O–H groups in total. The molecule has 0 saturated heterocycles. The second-order valence-corrected chi connectivity index (χ2v) is 9.52. The fourth-order valence-electron chi connectivity index (χ4n) is 3.91. The summed E-state index contributed by atoms with van der Waals surface area (Å²) in [5.74, 6) is -0.762. The van der Waals surface area contributed by atoms with Crippen LogP contribution in [0.3, 0.4) is 0 Å². The van der Waals surface area contributed by atoms with Crippen LogP contribution in [0.15, 0.2) is 17.1 Å². The van der Waals surface area contributed by atoms with Gasteiger partial charge in [-0.05, 0) is 32.1 Å². The van der Waals surface area contributed by atoms with Gasteiger partial charge in [-0.3, -0.25) is 9.28 Å². The third kappa shape index (κ3) is 12.6. The standard InChI is InChI=1S/C21H38N2O6S.Na/c1-2-3-4-5-6-7-8-9-10-11-12-20(26)21-22-13-14-23(21,15-16-24)17-19(25)18-30(27,28)29;/h6-7,19,24-25H,2-5,8-18H2,1H3;/q;+1/b7-6+;. The summed E-state index contributed by atoms with van der Waals surface area (Å²) < 4.78 is 32.7. The van der Waals surface area contributed by atoms with Gasteiger partial charge < -0.3 is 14.8 Å². The van der Waals surface area contributed by atoms with E-state index in [0.717, 1.165) is 32.1 Å². The molecule has 1 aliphatic rings. The first-order valence-electron chi connectivity index (χ1n) is 11.1. The van der Waals surface area contributed by atoms with Gasteiger partial charge in [0.25, 0.3) is 5.84 Å². The number of aliphatic hydroxyl groups excluding tert-OH is 2. The topological polar surface area (TPSA) is 127 Å².